The molecule has 1 fully saturated rings. The Kier molecular flexibility index (Phi) is 4.97. The lowest BCUT2D eigenvalue weighted by molar-refractivity contribution is -0.139. The predicted molar refractivity (Wildman–Crippen MR) is 122 cm³/mol. The number of carbonyl (C=O) groups is 2. The summed E-state index contributed by atoms with van der Waals surface area (Å²) in [6.07, 6.45) is 0.157. The molecule has 0 unspecified atom stereocenters. The second-order valence-corrected chi connectivity index (χ2v) is 7.72. The number of rotatable bonds is 4. The molecule has 31 heavy (non-hydrogen) atoms. The summed E-state index contributed by atoms with van der Waals surface area (Å²) in [5.41, 5.74) is 3.00. The first-order valence-electron chi connectivity index (χ1n) is 10.3. The van der Waals surface area contributed by atoms with E-state index in [9.17, 15) is 9.59 Å². The zero-order chi connectivity index (χ0) is 21.2. The van der Waals surface area contributed by atoms with Crippen LogP contribution in [0.3, 0.4) is 0 Å². The molecule has 1 amide bonds. The van der Waals surface area contributed by atoms with Gasteiger partial charge in [-0.2, -0.15) is 0 Å². The summed E-state index contributed by atoms with van der Waals surface area (Å²) < 4.78 is 5.59. The molecule has 0 N–H and O–H groups in total. The molecule has 0 radical (unpaired) electrons. The predicted octanol–water partition coefficient (Wildman–Crippen LogP) is 5.47. The SMILES string of the molecule is O=C(Oc1ccc(-c2ccccc2)cc1)[C@@H]1CC(=O)N(c2cccc3ccccc23)C1. The smallest absolute Gasteiger partial charge is 0.316 e. The van der Waals surface area contributed by atoms with Crippen molar-refractivity contribution >= 4 is 28.3 Å². The average molecular weight is 407 g/mol. The number of ether oxygens (including phenoxy) is 1. The van der Waals surface area contributed by atoms with Crippen molar-refractivity contribution in [1.82, 2.24) is 0 Å². The van der Waals surface area contributed by atoms with Crippen LogP contribution < -0.4 is 9.64 Å². The van der Waals surface area contributed by atoms with Crippen molar-refractivity contribution < 1.29 is 14.3 Å². The van der Waals surface area contributed by atoms with E-state index in [2.05, 4.69) is 0 Å². The van der Waals surface area contributed by atoms with Crippen molar-refractivity contribution in [1.29, 1.82) is 0 Å². The lowest BCUT2D eigenvalue weighted by Gasteiger charge is -2.18. The molecule has 1 aliphatic rings. The van der Waals surface area contributed by atoms with Crippen molar-refractivity contribution in [3.63, 3.8) is 0 Å². The lowest BCUT2D eigenvalue weighted by atomic mass is 10.1. The molecule has 1 atom stereocenters. The molecule has 4 heteroatoms. The number of nitrogens with zero attached hydrogens (tertiary/aromatic N) is 1. The van der Waals surface area contributed by atoms with E-state index in [4.69, 9.17) is 4.74 Å². The molecule has 0 saturated carbocycles. The molecule has 0 spiro atoms. The fourth-order valence-corrected chi connectivity index (χ4v) is 4.09. The standard InChI is InChI=1S/C27H21NO3/c29-26-17-22(18-28(26)25-12-6-10-21-9-4-5-11-24(21)25)27(30)31-23-15-13-20(14-16-23)19-7-2-1-3-8-19/h1-16,22H,17-18H2/t22-/m1/s1. The summed E-state index contributed by atoms with van der Waals surface area (Å²) >= 11 is 0. The number of fused-ring (bicyclic) bond motifs is 1. The van der Waals surface area contributed by atoms with Crippen molar-refractivity contribution in [3.8, 4) is 16.9 Å². The third kappa shape index (κ3) is 3.80. The molecule has 1 aliphatic heterocycles. The zero-order valence-corrected chi connectivity index (χ0v) is 16.9. The van der Waals surface area contributed by atoms with Crippen LogP contribution in [-0.4, -0.2) is 18.4 Å². The van der Waals surface area contributed by atoms with Gasteiger partial charge in [-0.15, -0.1) is 0 Å². The van der Waals surface area contributed by atoms with Crippen molar-refractivity contribution in [2.75, 3.05) is 11.4 Å². The van der Waals surface area contributed by atoms with Crippen molar-refractivity contribution in [2.45, 2.75) is 6.42 Å². The fourth-order valence-electron chi connectivity index (χ4n) is 4.09. The van der Waals surface area contributed by atoms with Crippen LogP contribution in [0.5, 0.6) is 5.75 Å². The number of benzene rings is 4. The monoisotopic (exact) mass is 407 g/mol. The van der Waals surface area contributed by atoms with Gasteiger partial charge >= 0.3 is 5.97 Å². The highest BCUT2D eigenvalue weighted by atomic mass is 16.5. The quantitative estimate of drug-likeness (QED) is 0.333. The van der Waals surface area contributed by atoms with Crippen LogP contribution >= 0.6 is 0 Å². The second-order valence-electron chi connectivity index (χ2n) is 7.72. The summed E-state index contributed by atoms with van der Waals surface area (Å²) in [6.45, 7) is 0.327. The van der Waals surface area contributed by atoms with Crippen molar-refractivity contribution in [3.05, 3.63) is 97.1 Å². The Morgan fingerprint density at radius 3 is 2.26 bits per heavy atom. The van der Waals surface area contributed by atoms with E-state index in [-0.39, 0.29) is 18.3 Å². The maximum Gasteiger partial charge on any atom is 0.316 e. The third-order valence-corrected chi connectivity index (χ3v) is 5.70. The normalized spacial score (nSPS) is 15.9. The van der Waals surface area contributed by atoms with E-state index < -0.39 is 5.92 Å². The Balaban J connectivity index is 1.30. The van der Waals surface area contributed by atoms with Gasteiger partial charge in [0.15, 0.2) is 0 Å². The first-order chi connectivity index (χ1) is 15.2. The highest BCUT2D eigenvalue weighted by molar-refractivity contribution is 6.06. The lowest BCUT2D eigenvalue weighted by Crippen LogP contribution is -2.27. The minimum atomic E-state index is -0.486. The van der Waals surface area contributed by atoms with E-state index >= 15 is 0 Å². The van der Waals surface area contributed by atoms with Gasteiger partial charge in [0.25, 0.3) is 0 Å². The molecule has 4 aromatic carbocycles. The van der Waals surface area contributed by atoms with E-state index in [0.29, 0.717) is 12.3 Å². The Hall–Kier alpha value is -3.92. The minimum Gasteiger partial charge on any atom is -0.426 e. The van der Waals surface area contributed by atoms with Crippen LogP contribution in [0.1, 0.15) is 6.42 Å². The van der Waals surface area contributed by atoms with Gasteiger partial charge in [-0.25, -0.2) is 0 Å². The van der Waals surface area contributed by atoms with Crippen LogP contribution in [0, 0.1) is 5.92 Å². The van der Waals surface area contributed by atoms with Gasteiger partial charge in [0.1, 0.15) is 5.75 Å². The van der Waals surface area contributed by atoms with Gasteiger partial charge in [0.05, 0.1) is 11.6 Å². The number of esters is 1. The highest BCUT2D eigenvalue weighted by Gasteiger charge is 2.37. The third-order valence-electron chi connectivity index (χ3n) is 5.70. The molecule has 1 heterocycles. The Morgan fingerprint density at radius 2 is 1.45 bits per heavy atom. The van der Waals surface area contributed by atoms with Gasteiger partial charge in [0.2, 0.25) is 5.91 Å². The summed E-state index contributed by atoms with van der Waals surface area (Å²) in [5.74, 6) is -0.428. The second kappa shape index (κ2) is 8.07. The molecular weight excluding hydrogens is 386 g/mol. The Labute approximate surface area is 180 Å². The topological polar surface area (TPSA) is 46.6 Å². The molecule has 1 saturated heterocycles. The van der Waals surface area contributed by atoms with Crippen LogP contribution in [-0.2, 0) is 9.59 Å². The van der Waals surface area contributed by atoms with Crippen LogP contribution in [0.4, 0.5) is 5.69 Å². The molecule has 4 aromatic rings. The maximum atomic E-state index is 12.8. The van der Waals surface area contributed by atoms with E-state index in [0.717, 1.165) is 27.6 Å². The van der Waals surface area contributed by atoms with Gasteiger partial charge in [-0.3, -0.25) is 9.59 Å². The minimum absolute atomic E-state index is 0.0577. The molecule has 0 aliphatic carbocycles. The molecule has 4 nitrogen and oxygen atoms in total. The first-order valence-corrected chi connectivity index (χ1v) is 10.3. The average Bonchev–Trinajstić information content (AvgIpc) is 3.21. The Morgan fingerprint density at radius 1 is 0.774 bits per heavy atom. The molecule has 152 valence electrons. The summed E-state index contributed by atoms with van der Waals surface area (Å²) in [5, 5.41) is 2.07. The number of amides is 1. The number of carbonyl (C=O) groups excluding carboxylic acids is 2. The summed E-state index contributed by atoms with van der Waals surface area (Å²) in [4.78, 5) is 27.2. The number of anilines is 1. The number of hydrogen-bond acceptors (Lipinski definition) is 3. The van der Waals surface area contributed by atoms with E-state index in [1.54, 1.807) is 17.0 Å². The van der Waals surface area contributed by atoms with Gasteiger partial charge in [-0.05, 0) is 34.7 Å². The number of hydrogen-bond donors (Lipinski definition) is 0. The molecule has 5 rings (SSSR count). The Bertz CT molecular complexity index is 1240. The van der Waals surface area contributed by atoms with Crippen LogP contribution in [0.25, 0.3) is 21.9 Å². The molecule has 0 bridgehead atoms. The van der Waals surface area contributed by atoms with Crippen LogP contribution in [0.15, 0.2) is 97.1 Å². The van der Waals surface area contributed by atoms with Gasteiger partial charge in [-0.1, -0.05) is 78.9 Å². The molecule has 0 aromatic heterocycles. The fraction of sp³-hybridized carbons (Fsp3) is 0.111. The molecular formula is C27H21NO3. The first kappa shape index (κ1) is 19.1. The zero-order valence-electron chi connectivity index (χ0n) is 16.9. The summed E-state index contributed by atoms with van der Waals surface area (Å²) in [6, 6.07) is 31.3. The largest absolute Gasteiger partial charge is 0.426 e. The highest BCUT2D eigenvalue weighted by Crippen LogP contribution is 2.32. The van der Waals surface area contributed by atoms with Crippen molar-refractivity contribution in [2.24, 2.45) is 5.92 Å². The van der Waals surface area contributed by atoms with Gasteiger partial charge in [0, 0.05) is 18.4 Å². The van der Waals surface area contributed by atoms with Crippen LogP contribution in [0.2, 0.25) is 0 Å². The van der Waals surface area contributed by atoms with E-state index in [1.165, 1.54) is 0 Å². The van der Waals surface area contributed by atoms with E-state index in [1.807, 2.05) is 84.9 Å². The maximum absolute atomic E-state index is 12.8. The summed E-state index contributed by atoms with van der Waals surface area (Å²) in [7, 11) is 0. The van der Waals surface area contributed by atoms with Gasteiger partial charge < -0.3 is 9.64 Å².